The second-order valence-electron chi connectivity index (χ2n) is 8.21. The molecule has 186 valence electrons. The molecule has 2 saturated heterocycles. The van der Waals surface area contributed by atoms with Gasteiger partial charge in [0.2, 0.25) is 0 Å². The van der Waals surface area contributed by atoms with Gasteiger partial charge in [-0.3, -0.25) is 20.6 Å². The first-order valence-electron chi connectivity index (χ1n) is 11.2. The van der Waals surface area contributed by atoms with Crippen molar-refractivity contribution >= 4 is 115 Å². The third-order valence-electron chi connectivity index (χ3n) is 5.88. The molecule has 2 heterocycles. The van der Waals surface area contributed by atoms with Crippen LogP contribution in [0.2, 0.25) is 0 Å². The van der Waals surface area contributed by atoms with E-state index in [9.17, 15) is 9.59 Å². The van der Waals surface area contributed by atoms with E-state index in [0.29, 0.717) is 37.3 Å². The van der Waals surface area contributed by atoms with Crippen molar-refractivity contribution in [1.29, 1.82) is 10.8 Å². The van der Waals surface area contributed by atoms with Crippen molar-refractivity contribution in [2.45, 2.75) is 25.7 Å². The van der Waals surface area contributed by atoms with Gasteiger partial charge >= 0.3 is 12.1 Å². The molecule has 0 atom stereocenters. The summed E-state index contributed by atoms with van der Waals surface area (Å²) < 4.78 is 2.10. The Kier molecular flexibility index (Phi) is 8.67. The minimum atomic E-state index is -0.300. The molecule has 12 heteroatoms. The molecule has 0 aliphatic carbocycles. The minimum Gasteiger partial charge on any atom is -0.282 e. The molecular formula is C24H22I2N6O2S2. The predicted octanol–water partition coefficient (Wildman–Crippen LogP) is 6.25. The van der Waals surface area contributed by atoms with Gasteiger partial charge in [-0.2, -0.15) is 0 Å². The SMILES string of the molecule is N=C1C(=S)N(c2ccc(I)cc2)C(=O)N1CCCCCCN1C(=N)C(=S)N(c2ccc(I)cc2)C1=O. The summed E-state index contributed by atoms with van der Waals surface area (Å²) in [6.45, 7) is 0.809. The van der Waals surface area contributed by atoms with E-state index in [1.54, 1.807) is 0 Å². The van der Waals surface area contributed by atoms with E-state index in [1.807, 2.05) is 48.5 Å². The van der Waals surface area contributed by atoms with E-state index in [2.05, 4.69) is 45.2 Å². The molecule has 2 fully saturated rings. The lowest BCUT2D eigenvalue weighted by Crippen LogP contribution is -2.34. The number of nitrogens with zero attached hydrogens (tertiary/aromatic N) is 4. The number of carbonyl (C=O) groups is 2. The number of urea groups is 2. The maximum absolute atomic E-state index is 12.9. The Morgan fingerprint density at radius 1 is 0.611 bits per heavy atom. The molecule has 36 heavy (non-hydrogen) atoms. The summed E-state index contributed by atoms with van der Waals surface area (Å²) in [6.07, 6.45) is 3.04. The molecule has 2 N–H and O–H groups in total. The average Bonchev–Trinajstić information content (AvgIpc) is 3.20. The summed E-state index contributed by atoms with van der Waals surface area (Å²) in [5, 5.41) is 16.6. The van der Waals surface area contributed by atoms with E-state index in [4.69, 9.17) is 35.3 Å². The van der Waals surface area contributed by atoms with E-state index in [1.165, 1.54) is 19.6 Å². The van der Waals surface area contributed by atoms with Gasteiger partial charge in [0.05, 0.1) is 11.4 Å². The molecule has 2 aliphatic heterocycles. The number of hydrogen-bond donors (Lipinski definition) is 2. The second kappa shape index (κ2) is 11.6. The number of unbranched alkanes of at least 4 members (excludes halogenated alkanes) is 3. The Morgan fingerprint density at radius 2 is 0.944 bits per heavy atom. The van der Waals surface area contributed by atoms with E-state index >= 15 is 0 Å². The van der Waals surface area contributed by atoms with Crippen LogP contribution >= 0.6 is 69.6 Å². The quantitative estimate of drug-likeness (QED) is 0.181. The van der Waals surface area contributed by atoms with Crippen LogP contribution in [-0.2, 0) is 0 Å². The van der Waals surface area contributed by atoms with Crippen LogP contribution in [0.3, 0.4) is 0 Å². The number of benzene rings is 2. The number of halogens is 2. The third-order valence-corrected chi connectivity index (χ3v) is 8.07. The van der Waals surface area contributed by atoms with Crippen LogP contribution in [-0.4, -0.2) is 56.6 Å². The van der Waals surface area contributed by atoms with Crippen LogP contribution < -0.4 is 9.80 Å². The average molecular weight is 744 g/mol. The van der Waals surface area contributed by atoms with Crippen LogP contribution in [0.25, 0.3) is 0 Å². The molecule has 8 nitrogen and oxygen atoms in total. The van der Waals surface area contributed by atoms with Crippen molar-refractivity contribution in [2.24, 2.45) is 0 Å². The maximum Gasteiger partial charge on any atom is 0.335 e. The van der Waals surface area contributed by atoms with Gasteiger partial charge in [-0.05, 0) is 107 Å². The Bertz CT molecular complexity index is 1150. The molecular weight excluding hydrogens is 722 g/mol. The monoisotopic (exact) mass is 744 g/mol. The van der Waals surface area contributed by atoms with E-state index < -0.39 is 0 Å². The van der Waals surface area contributed by atoms with E-state index in [-0.39, 0.29) is 33.7 Å². The van der Waals surface area contributed by atoms with Crippen LogP contribution in [0.4, 0.5) is 21.0 Å². The summed E-state index contributed by atoms with van der Waals surface area (Å²) in [5.74, 6) is 0.0997. The van der Waals surface area contributed by atoms with Crippen molar-refractivity contribution < 1.29 is 9.59 Å². The number of anilines is 2. The van der Waals surface area contributed by atoms with Crippen LogP contribution in [0, 0.1) is 18.0 Å². The summed E-state index contributed by atoms with van der Waals surface area (Å²) in [5.41, 5.74) is 1.32. The van der Waals surface area contributed by atoms with Gasteiger partial charge in [0.25, 0.3) is 0 Å². The summed E-state index contributed by atoms with van der Waals surface area (Å²) in [6, 6.07) is 14.3. The zero-order valence-electron chi connectivity index (χ0n) is 19.0. The number of hydrogen-bond acceptors (Lipinski definition) is 6. The van der Waals surface area contributed by atoms with Gasteiger partial charge in [0, 0.05) is 20.2 Å². The summed E-state index contributed by atoms with van der Waals surface area (Å²) >= 11 is 15.1. The van der Waals surface area contributed by atoms with Gasteiger partial charge in [-0.15, -0.1) is 0 Å². The highest BCUT2D eigenvalue weighted by Gasteiger charge is 2.40. The highest BCUT2D eigenvalue weighted by Crippen LogP contribution is 2.26. The zero-order chi connectivity index (χ0) is 26.0. The molecule has 0 saturated carbocycles. The largest absolute Gasteiger partial charge is 0.335 e. The standard InChI is InChI=1S/C24H22I2N6O2S2/c25-15-5-9-17(10-6-15)31-21(35)19(27)29(23(31)33)13-3-1-2-4-14-30-20(28)22(36)32(24(30)34)18-11-7-16(26)8-12-18/h5-12,27-28H,1-4,13-14H2. The minimum absolute atomic E-state index is 0.0499. The molecule has 2 aliphatic rings. The number of amidine groups is 2. The maximum atomic E-state index is 12.9. The normalized spacial score (nSPS) is 16.3. The zero-order valence-corrected chi connectivity index (χ0v) is 25.0. The molecule has 0 spiro atoms. The Labute approximate surface area is 247 Å². The Balaban J connectivity index is 1.25. The first-order chi connectivity index (χ1) is 17.2. The molecule has 0 radical (unpaired) electrons. The van der Waals surface area contributed by atoms with Crippen molar-refractivity contribution in [2.75, 3.05) is 22.9 Å². The number of nitrogens with one attached hydrogen (secondary N) is 2. The Morgan fingerprint density at radius 3 is 1.28 bits per heavy atom. The number of rotatable bonds is 9. The van der Waals surface area contributed by atoms with Crippen LogP contribution in [0.5, 0.6) is 0 Å². The van der Waals surface area contributed by atoms with Crippen molar-refractivity contribution in [3.8, 4) is 0 Å². The lowest BCUT2D eigenvalue weighted by Gasteiger charge is -2.18. The van der Waals surface area contributed by atoms with Gasteiger partial charge in [-0.1, -0.05) is 37.3 Å². The summed E-state index contributed by atoms with van der Waals surface area (Å²) in [7, 11) is 0. The van der Waals surface area contributed by atoms with Crippen molar-refractivity contribution in [3.05, 3.63) is 55.7 Å². The fourth-order valence-electron chi connectivity index (χ4n) is 3.99. The lowest BCUT2D eigenvalue weighted by atomic mass is 10.2. The third kappa shape index (κ3) is 5.45. The second-order valence-corrected chi connectivity index (χ2v) is 11.5. The first-order valence-corrected chi connectivity index (χ1v) is 14.2. The number of carbonyl (C=O) groups excluding carboxylic acids is 2. The molecule has 0 aromatic heterocycles. The lowest BCUT2D eigenvalue weighted by molar-refractivity contribution is 0.230. The molecule has 4 rings (SSSR count). The highest BCUT2D eigenvalue weighted by molar-refractivity contribution is 14.1. The van der Waals surface area contributed by atoms with Crippen LogP contribution in [0.15, 0.2) is 48.5 Å². The molecule has 4 amide bonds. The van der Waals surface area contributed by atoms with Gasteiger partial charge < -0.3 is 0 Å². The van der Waals surface area contributed by atoms with Gasteiger partial charge in [0.15, 0.2) is 21.6 Å². The molecule has 0 bridgehead atoms. The van der Waals surface area contributed by atoms with Crippen LogP contribution in [0.1, 0.15) is 25.7 Å². The van der Waals surface area contributed by atoms with Gasteiger partial charge in [0.1, 0.15) is 0 Å². The van der Waals surface area contributed by atoms with E-state index in [0.717, 1.165) is 20.0 Å². The Hall–Kier alpha value is -2.04. The van der Waals surface area contributed by atoms with Crippen molar-refractivity contribution in [1.82, 2.24) is 9.80 Å². The smallest absolute Gasteiger partial charge is 0.282 e. The number of amides is 4. The van der Waals surface area contributed by atoms with Crippen molar-refractivity contribution in [3.63, 3.8) is 0 Å². The van der Waals surface area contributed by atoms with Gasteiger partial charge in [-0.25, -0.2) is 19.4 Å². The molecule has 2 aromatic carbocycles. The fraction of sp³-hybridized carbons (Fsp3) is 0.250. The highest BCUT2D eigenvalue weighted by atomic mass is 127. The molecule has 0 unspecified atom stereocenters. The topological polar surface area (TPSA) is 94.8 Å². The molecule has 2 aromatic rings. The summed E-state index contributed by atoms with van der Waals surface area (Å²) in [4.78, 5) is 31.9. The fourth-order valence-corrected chi connectivity index (χ4v) is 5.30. The first kappa shape index (κ1) is 27.0. The number of thiocarbonyl (C=S) groups is 2. The predicted molar refractivity (Wildman–Crippen MR) is 167 cm³/mol.